The lowest BCUT2D eigenvalue weighted by Crippen LogP contribution is -2.29. The van der Waals surface area contributed by atoms with E-state index in [0.717, 1.165) is 0 Å². The number of fused-ring (bicyclic) bond motifs is 1. The van der Waals surface area contributed by atoms with E-state index in [4.69, 9.17) is 0 Å². The Kier molecular flexibility index (Phi) is 3.05. The molecule has 1 unspecified atom stereocenters. The molecule has 16 heavy (non-hydrogen) atoms. The first kappa shape index (κ1) is 11.5. The lowest BCUT2D eigenvalue weighted by atomic mass is 9.93. The van der Waals surface area contributed by atoms with Crippen LogP contribution in [0.25, 0.3) is 0 Å². The maximum absolute atomic E-state index is 3.80. The van der Waals surface area contributed by atoms with Crippen LogP contribution in [0, 0.1) is 8.30 Å². The van der Waals surface area contributed by atoms with Crippen LogP contribution in [0.5, 0.6) is 0 Å². The van der Waals surface area contributed by atoms with Gasteiger partial charge in [-0.05, 0) is 71.7 Å². The van der Waals surface area contributed by atoms with Gasteiger partial charge in [0.1, 0.15) is 0 Å². The second-order valence-electron chi connectivity index (χ2n) is 5.57. The molecule has 1 nitrogen and oxygen atoms in total. The van der Waals surface area contributed by atoms with Crippen LogP contribution in [0.15, 0.2) is 6.07 Å². The van der Waals surface area contributed by atoms with Crippen molar-refractivity contribution in [3.8, 4) is 0 Å². The maximum Gasteiger partial charge on any atom is 0.0659 e. The average molecular weight is 347 g/mol. The molecule has 0 aromatic carbocycles. The molecule has 1 aromatic rings. The Morgan fingerprint density at radius 1 is 1.56 bits per heavy atom. The van der Waals surface area contributed by atoms with Crippen LogP contribution >= 0.6 is 33.9 Å². The summed E-state index contributed by atoms with van der Waals surface area (Å²) in [6.45, 7) is 3.62. The van der Waals surface area contributed by atoms with Crippen molar-refractivity contribution in [2.75, 3.05) is 6.54 Å². The molecule has 0 spiro atoms. The van der Waals surface area contributed by atoms with Gasteiger partial charge in [0.15, 0.2) is 0 Å². The van der Waals surface area contributed by atoms with Crippen molar-refractivity contribution in [1.29, 1.82) is 0 Å². The molecule has 3 rings (SSSR count). The van der Waals surface area contributed by atoms with E-state index in [2.05, 4.69) is 40.9 Å². The first-order valence-corrected chi connectivity index (χ1v) is 8.07. The van der Waals surface area contributed by atoms with Crippen molar-refractivity contribution in [1.82, 2.24) is 5.32 Å². The van der Waals surface area contributed by atoms with Crippen molar-refractivity contribution in [2.45, 2.75) is 45.1 Å². The molecular formula is C13H18INS. The number of halogens is 1. The van der Waals surface area contributed by atoms with Gasteiger partial charge in [-0.1, -0.05) is 6.92 Å². The van der Waals surface area contributed by atoms with Crippen LogP contribution in [0.3, 0.4) is 0 Å². The van der Waals surface area contributed by atoms with Crippen molar-refractivity contribution in [3.05, 3.63) is 19.4 Å². The van der Waals surface area contributed by atoms with Gasteiger partial charge in [0.25, 0.3) is 0 Å². The maximum atomic E-state index is 3.80. The summed E-state index contributed by atoms with van der Waals surface area (Å²) in [5, 5.41) is 3.80. The standard InChI is InChI=1S/C13H18INS/c1-13(5-6-13)8-15-10-3-2-4-11-9(10)7-12(14)16-11/h7,10,15H,2-6,8H2,1H3. The van der Waals surface area contributed by atoms with E-state index in [1.54, 1.807) is 10.4 Å². The third kappa shape index (κ3) is 2.31. The van der Waals surface area contributed by atoms with Gasteiger partial charge in [0.05, 0.1) is 2.88 Å². The van der Waals surface area contributed by atoms with E-state index < -0.39 is 0 Å². The molecule has 1 saturated carbocycles. The molecule has 1 atom stereocenters. The van der Waals surface area contributed by atoms with Crippen molar-refractivity contribution < 1.29 is 0 Å². The van der Waals surface area contributed by atoms with Crippen LogP contribution in [0.2, 0.25) is 0 Å². The van der Waals surface area contributed by atoms with E-state index in [-0.39, 0.29) is 0 Å². The minimum Gasteiger partial charge on any atom is -0.309 e. The van der Waals surface area contributed by atoms with Gasteiger partial charge < -0.3 is 5.32 Å². The zero-order valence-corrected chi connectivity index (χ0v) is 12.7. The van der Waals surface area contributed by atoms with Gasteiger partial charge >= 0.3 is 0 Å². The van der Waals surface area contributed by atoms with Gasteiger partial charge in [0.2, 0.25) is 0 Å². The van der Waals surface area contributed by atoms with Gasteiger partial charge in [0, 0.05) is 17.5 Å². The summed E-state index contributed by atoms with van der Waals surface area (Å²) >= 11 is 4.45. The Morgan fingerprint density at radius 2 is 2.38 bits per heavy atom. The highest BCUT2D eigenvalue weighted by Gasteiger charge is 2.37. The molecule has 1 aromatic heterocycles. The molecule has 0 amide bonds. The molecule has 3 heteroatoms. The summed E-state index contributed by atoms with van der Waals surface area (Å²) in [5.74, 6) is 0. The molecule has 0 saturated heterocycles. The SMILES string of the molecule is CC1(CNC2CCCc3sc(I)cc32)CC1. The molecule has 1 fully saturated rings. The normalized spacial score (nSPS) is 26.5. The number of nitrogens with one attached hydrogen (secondary N) is 1. The molecule has 88 valence electrons. The van der Waals surface area contributed by atoms with Gasteiger partial charge in [-0.2, -0.15) is 0 Å². The summed E-state index contributed by atoms with van der Waals surface area (Å²) < 4.78 is 1.45. The van der Waals surface area contributed by atoms with Crippen molar-refractivity contribution in [3.63, 3.8) is 0 Å². The van der Waals surface area contributed by atoms with Crippen LogP contribution in [-0.4, -0.2) is 6.54 Å². The molecule has 2 aliphatic rings. The smallest absolute Gasteiger partial charge is 0.0659 e. The fourth-order valence-corrected chi connectivity index (χ4v) is 4.61. The Labute approximate surface area is 115 Å². The lowest BCUT2D eigenvalue weighted by Gasteiger charge is -2.25. The third-order valence-electron chi connectivity index (χ3n) is 3.96. The molecule has 0 bridgehead atoms. The summed E-state index contributed by atoms with van der Waals surface area (Å²) in [5.41, 5.74) is 2.23. The van der Waals surface area contributed by atoms with Crippen LogP contribution < -0.4 is 5.32 Å². The molecule has 1 heterocycles. The number of thiophene rings is 1. The largest absolute Gasteiger partial charge is 0.309 e. The minimum absolute atomic E-state index is 0.626. The Morgan fingerprint density at radius 3 is 3.12 bits per heavy atom. The second-order valence-corrected chi connectivity index (χ2v) is 8.60. The van der Waals surface area contributed by atoms with E-state index >= 15 is 0 Å². The van der Waals surface area contributed by atoms with Crippen molar-refractivity contribution in [2.24, 2.45) is 5.41 Å². The van der Waals surface area contributed by atoms with Crippen molar-refractivity contribution >= 4 is 33.9 Å². The summed E-state index contributed by atoms with van der Waals surface area (Å²) in [4.78, 5) is 1.63. The zero-order chi connectivity index (χ0) is 11.2. The molecule has 0 radical (unpaired) electrons. The third-order valence-corrected chi connectivity index (χ3v) is 5.93. The van der Waals surface area contributed by atoms with E-state index in [9.17, 15) is 0 Å². The lowest BCUT2D eigenvalue weighted by molar-refractivity contribution is 0.407. The predicted octanol–water partition coefficient (Wildman–Crippen LogP) is 4.12. The van der Waals surface area contributed by atoms with E-state index in [1.807, 2.05) is 11.3 Å². The highest BCUT2D eigenvalue weighted by molar-refractivity contribution is 14.1. The Balaban J connectivity index is 1.71. The van der Waals surface area contributed by atoms with Gasteiger partial charge in [-0.3, -0.25) is 0 Å². The second kappa shape index (κ2) is 4.25. The minimum atomic E-state index is 0.626. The number of hydrogen-bond donors (Lipinski definition) is 1. The van der Waals surface area contributed by atoms with Gasteiger partial charge in [-0.25, -0.2) is 0 Å². The highest BCUT2D eigenvalue weighted by atomic mass is 127. The molecular weight excluding hydrogens is 329 g/mol. The summed E-state index contributed by atoms with van der Waals surface area (Å²) in [7, 11) is 0. The number of aryl methyl sites for hydroxylation is 1. The quantitative estimate of drug-likeness (QED) is 0.811. The van der Waals surface area contributed by atoms with Gasteiger partial charge in [-0.15, -0.1) is 11.3 Å². The molecule has 1 N–H and O–H groups in total. The van der Waals surface area contributed by atoms with Crippen LogP contribution in [0.4, 0.5) is 0 Å². The number of rotatable bonds is 3. The topological polar surface area (TPSA) is 12.0 Å². The first-order chi connectivity index (χ1) is 7.66. The van der Waals surface area contributed by atoms with E-state index in [0.29, 0.717) is 11.5 Å². The Bertz CT molecular complexity index is 395. The van der Waals surface area contributed by atoms with Crippen LogP contribution in [-0.2, 0) is 6.42 Å². The molecule has 2 aliphatic carbocycles. The predicted molar refractivity (Wildman–Crippen MR) is 78.1 cm³/mol. The highest BCUT2D eigenvalue weighted by Crippen LogP contribution is 2.45. The fraction of sp³-hybridized carbons (Fsp3) is 0.692. The summed E-state index contributed by atoms with van der Waals surface area (Å²) in [6.07, 6.45) is 6.83. The fourth-order valence-electron chi connectivity index (χ4n) is 2.49. The zero-order valence-electron chi connectivity index (χ0n) is 9.68. The van der Waals surface area contributed by atoms with E-state index in [1.165, 1.54) is 41.5 Å². The first-order valence-electron chi connectivity index (χ1n) is 6.18. The monoisotopic (exact) mass is 347 g/mol. The average Bonchev–Trinajstić information content (AvgIpc) is 2.86. The Hall–Kier alpha value is 0.390. The number of hydrogen-bond acceptors (Lipinski definition) is 2. The molecule has 0 aliphatic heterocycles. The summed E-state index contributed by atoms with van der Waals surface area (Å²) in [6, 6.07) is 3.04. The van der Waals surface area contributed by atoms with Crippen LogP contribution in [0.1, 0.15) is 49.1 Å².